The minimum atomic E-state index is 0.424. The molecule has 0 radical (unpaired) electrons. The van der Waals surface area contributed by atoms with Crippen molar-refractivity contribution in [3.8, 4) is 0 Å². The normalized spacial score (nSPS) is 12.3. The van der Waals surface area contributed by atoms with Crippen LogP contribution in [-0.2, 0) is 0 Å². The molecule has 1 atom stereocenters. The smallest absolute Gasteiger partial charge is 0.0542 e. The van der Waals surface area contributed by atoms with Crippen molar-refractivity contribution in [3.63, 3.8) is 0 Å². The van der Waals surface area contributed by atoms with Gasteiger partial charge in [0.15, 0.2) is 0 Å². The highest BCUT2D eigenvalue weighted by molar-refractivity contribution is 14.1. The van der Waals surface area contributed by atoms with Gasteiger partial charge in [0.25, 0.3) is 0 Å². The van der Waals surface area contributed by atoms with Gasteiger partial charge in [-0.05, 0) is 72.5 Å². The topological polar surface area (TPSA) is 12.0 Å². The van der Waals surface area contributed by atoms with Crippen LogP contribution in [0.1, 0.15) is 57.1 Å². The maximum atomic E-state index is 6.25. The lowest BCUT2D eigenvalue weighted by Crippen LogP contribution is -2.22. The third-order valence-electron chi connectivity index (χ3n) is 3.39. The van der Waals surface area contributed by atoms with E-state index < -0.39 is 0 Å². The van der Waals surface area contributed by atoms with E-state index in [1.807, 2.05) is 6.08 Å². The molecule has 1 aromatic rings. The third kappa shape index (κ3) is 6.59. The molecule has 1 aromatic carbocycles. The van der Waals surface area contributed by atoms with Gasteiger partial charge >= 0.3 is 0 Å². The van der Waals surface area contributed by atoms with Gasteiger partial charge in [-0.1, -0.05) is 43.5 Å². The second-order valence-corrected chi connectivity index (χ2v) is 6.68. The van der Waals surface area contributed by atoms with Crippen molar-refractivity contribution >= 4 is 34.2 Å². The van der Waals surface area contributed by atoms with Gasteiger partial charge in [-0.2, -0.15) is 0 Å². The van der Waals surface area contributed by atoms with Crippen LogP contribution in [0.4, 0.5) is 0 Å². The highest BCUT2D eigenvalue weighted by atomic mass is 127. The zero-order valence-electron chi connectivity index (χ0n) is 12.3. The number of benzene rings is 1. The van der Waals surface area contributed by atoms with Gasteiger partial charge in [-0.15, -0.1) is 6.58 Å². The van der Waals surface area contributed by atoms with Crippen molar-refractivity contribution in [2.45, 2.75) is 51.5 Å². The molecule has 3 heteroatoms. The van der Waals surface area contributed by atoms with E-state index in [-0.39, 0.29) is 0 Å². The fourth-order valence-corrected chi connectivity index (χ4v) is 2.77. The molecule has 0 bridgehead atoms. The summed E-state index contributed by atoms with van der Waals surface area (Å²) in [4.78, 5) is 0. The Kier molecular flexibility index (Phi) is 9.57. The van der Waals surface area contributed by atoms with Crippen LogP contribution in [0.5, 0.6) is 0 Å². The minimum Gasteiger partial charge on any atom is -0.310 e. The van der Waals surface area contributed by atoms with Crippen LogP contribution in [0.15, 0.2) is 30.9 Å². The molecule has 1 unspecified atom stereocenters. The monoisotopic (exact) mass is 405 g/mol. The van der Waals surface area contributed by atoms with Gasteiger partial charge in [0.05, 0.1) is 5.02 Å². The lowest BCUT2D eigenvalue weighted by Gasteiger charge is -2.19. The molecule has 20 heavy (non-hydrogen) atoms. The SMILES string of the molecule is C=CCCCCCC(NCCC)c1ccc(I)c(Cl)c1. The predicted molar refractivity (Wildman–Crippen MR) is 98.5 cm³/mol. The van der Waals surface area contributed by atoms with Crippen LogP contribution in [0, 0.1) is 3.57 Å². The fraction of sp³-hybridized carbons (Fsp3) is 0.529. The van der Waals surface area contributed by atoms with Crippen LogP contribution in [0.25, 0.3) is 0 Å². The maximum absolute atomic E-state index is 6.25. The third-order valence-corrected chi connectivity index (χ3v) is 4.96. The molecule has 0 amide bonds. The highest BCUT2D eigenvalue weighted by Gasteiger charge is 2.11. The Hall–Kier alpha value is -0.0600. The lowest BCUT2D eigenvalue weighted by atomic mass is 10.00. The van der Waals surface area contributed by atoms with E-state index in [0.29, 0.717) is 6.04 Å². The zero-order valence-corrected chi connectivity index (χ0v) is 15.2. The van der Waals surface area contributed by atoms with Crippen LogP contribution in [0.3, 0.4) is 0 Å². The van der Waals surface area contributed by atoms with E-state index >= 15 is 0 Å². The molecule has 1 rings (SSSR count). The van der Waals surface area contributed by atoms with E-state index in [1.54, 1.807) is 0 Å². The lowest BCUT2D eigenvalue weighted by molar-refractivity contribution is 0.472. The molecular formula is C17H25ClIN. The van der Waals surface area contributed by atoms with E-state index in [1.165, 1.54) is 31.2 Å². The molecule has 0 fully saturated rings. The molecule has 0 heterocycles. The Morgan fingerprint density at radius 3 is 2.80 bits per heavy atom. The summed E-state index contributed by atoms with van der Waals surface area (Å²) in [7, 11) is 0. The minimum absolute atomic E-state index is 0.424. The zero-order chi connectivity index (χ0) is 14.8. The number of unbranched alkanes of at least 4 members (excludes halogenated alkanes) is 3. The summed E-state index contributed by atoms with van der Waals surface area (Å²) in [5, 5.41) is 4.50. The molecule has 0 aromatic heterocycles. The van der Waals surface area contributed by atoms with Crippen molar-refractivity contribution in [2.24, 2.45) is 0 Å². The molecule has 112 valence electrons. The summed E-state index contributed by atoms with van der Waals surface area (Å²) in [6.07, 6.45) is 9.23. The van der Waals surface area contributed by atoms with Crippen molar-refractivity contribution in [1.29, 1.82) is 0 Å². The second kappa shape index (κ2) is 10.6. The van der Waals surface area contributed by atoms with Crippen LogP contribution in [0.2, 0.25) is 5.02 Å². The largest absolute Gasteiger partial charge is 0.310 e. The fourth-order valence-electron chi connectivity index (χ4n) is 2.25. The van der Waals surface area contributed by atoms with E-state index in [0.717, 1.165) is 28.0 Å². The summed E-state index contributed by atoms with van der Waals surface area (Å²) in [6.45, 7) is 7.03. The van der Waals surface area contributed by atoms with Gasteiger partial charge in [0.1, 0.15) is 0 Å². The van der Waals surface area contributed by atoms with Crippen LogP contribution in [-0.4, -0.2) is 6.54 Å². The average molecular weight is 406 g/mol. The van der Waals surface area contributed by atoms with Crippen molar-refractivity contribution in [3.05, 3.63) is 45.0 Å². The molecule has 0 saturated heterocycles. The first-order valence-electron chi connectivity index (χ1n) is 7.48. The summed E-state index contributed by atoms with van der Waals surface area (Å²) in [5.41, 5.74) is 1.31. The molecule has 1 nitrogen and oxygen atoms in total. The van der Waals surface area contributed by atoms with Gasteiger partial charge in [-0.25, -0.2) is 0 Å². The first-order chi connectivity index (χ1) is 9.69. The first-order valence-corrected chi connectivity index (χ1v) is 8.94. The molecule has 0 aliphatic heterocycles. The van der Waals surface area contributed by atoms with E-state index in [9.17, 15) is 0 Å². The predicted octanol–water partition coefficient (Wildman–Crippen LogP) is 6.12. The molecule has 0 aliphatic carbocycles. The van der Waals surface area contributed by atoms with Gasteiger partial charge < -0.3 is 5.32 Å². The van der Waals surface area contributed by atoms with Gasteiger partial charge in [0, 0.05) is 9.61 Å². The Morgan fingerprint density at radius 1 is 1.35 bits per heavy atom. The standard InChI is InChI=1S/C17H25ClIN/c1-3-5-6-7-8-9-17(20-12-4-2)14-10-11-16(19)15(18)13-14/h3,10-11,13,17,20H,1,4-9,12H2,2H3. The van der Waals surface area contributed by atoms with Crippen LogP contribution < -0.4 is 5.32 Å². The quantitative estimate of drug-likeness (QED) is 0.281. The first kappa shape index (κ1) is 18.0. The van der Waals surface area contributed by atoms with Gasteiger partial charge in [-0.3, -0.25) is 0 Å². The molecular weight excluding hydrogens is 381 g/mol. The van der Waals surface area contributed by atoms with Crippen LogP contribution >= 0.6 is 34.2 Å². The summed E-state index contributed by atoms with van der Waals surface area (Å²) >= 11 is 8.52. The molecule has 0 saturated carbocycles. The highest BCUT2D eigenvalue weighted by Crippen LogP contribution is 2.26. The Morgan fingerprint density at radius 2 is 2.15 bits per heavy atom. The summed E-state index contributed by atoms with van der Waals surface area (Å²) < 4.78 is 1.12. The number of hydrogen-bond donors (Lipinski definition) is 1. The maximum Gasteiger partial charge on any atom is 0.0542 e. The molecule has 0 spiro atoms. The summed E-state index contributed by atoms with van der Waals surface area (Å²) in [5.74, 6) is 0. The molecule has 0 aliphatic rings. The van der Waals surface area contributed by atoms with E-state index in [4.69, 9.17) is 11.6 Å². The molecule has 1 N–H and O–H groups in total. The number of hydrogen-bond acceptors (Lipinski definition) is 1. The Balaban J connectivity index is 2.57. The van der Waals surface area contributed by atoms with Gasteiger partial charge in [0.2, 0.25) is 0 Å². The van der Waals surface area contributed by atoms with Crippen molar-refractivity contribution in [2.75, 3.05) is 6.54 Å². The number of rotatable bonds is 10. The van der Waals surface area contributed by atoms with Crippen molar-refractivity contribution in [1.82, 2.24) is 5.32 Å². The second-order valence-electron chi connectivity index (χ2n) is 5.11. The number of allylic oxidation sites excluding steroid dienone is 1. The van der Waals surface area contributed by atoms with Crippen molar-refractivity contribution < 1.29 is 0 Å². The number of halogens is 2. The number of nitrogens with one attached hydrogen (secondary N) is 1. The Labute approximate surface area is 142 Å². The van der Waals surface area contributed by atoms with E-state index in [2.05, 4.69) is 59.6 Å². The Bertz CT molecular complexity index is 406. The summed E-state index contributed by atoms with van der Waals surface area (Å²) in [6, 6.07) is 6.84. The average Bonchev–Trinajstić information content (AvgIpc) is 2.45.